The maximum Gasteiger partial charge on any atom is 0.230 e. The highest BCUT2D eigenvalue weighted by atomic mass is 32.2. The van der Waals surface area contributed by atoms with E-state index in [1.165, 1.54) is 47.7 Å². The van der Waals surface area contributed by atoms with Crippen molar-refractivity contribution in [1.82, 2.24) is 5.32 Å². The largest absolute Gasteiger partial charge is 0.497 e. The van der Waals surface area contributed by atoms with Crippen LogP contribution in [-0.4, -0.2) is 18.8 Å². The molecule has 0 saturated heterocycles. The second kappa shape index (κ2) is 8.43. The van der Waals surface area contributed by atoms with Gasteiger partial charge in [0, 0.05) is 4.90 Å². The minimum Gasteiger partial charge on any atom is -0.497 e. The van der Waals surface area contributed by atoms with E-state index < -0.39 is 0 Å². The van der Waals surface area contributed by atoms with E-state index in [0.29, 0.717) is 5.75 Å². The summed E-state index contributed by atoms with van der Waals surface area (Å²) in [5.41, 5.74) is 4.12. The lowest BCUT2D eigenvalue weighted by Crippen LogP contribution is -2.28. The van der Waals surface area contributed by atoms with Gasteiger partial charge in [-0.1, -0.05) is 24.3 Å². The Kier molecular flexibility index (Phi) is 6.03. The summed E-state index contributed by atoms with van der Waals surface area (Å²) >= 11 is 1.53. The van der Waals surface area contributed by atoms with Crippen LogP contribution in [0.5, 0.6) is 5.75 Å². The predicted octanol–water partition coefficient (Wildman–Crippen LogP) is 4.54. The van der Waals surface area contributed by atoms with Gasteiger partial charge in [0.2, 0.25) is 5.91 Å². The summed E-state index contributed by atoms with van der Waals surface area (Å²) in [5.74, 6) is 1.27. The van der Waals surface area contributed by atoms with Crippen molar-refractivity contribution in [1.29, 1.82) is 0 Å². The van der Waals surface area contributed by atoms with Crippen LogP contribution in [0.25, 0.3) is 0 Å². The lowest BCUT2D eigenvalue weighted by molar-refractivity contribution is -0.119. The van der Waals surface area contributed by atoms with Gasteiger partial charge in [-0.3, -0.25) is 4.79 Å². The van der Waals surface area contributed by atoms with Crippen molar-refractivity contribution in [2.24, 2.45) is 0 Å². The molecule has 1 atom stereocenters. The molecule has 0 aromatic heterocycles. The Labute approximate surface area is 154 Å². The first-order chi connectivity index (χ1) is 12.2. The molecule has 25 heavy (non-hydrogen) atoms. The number of benzene rings is 2. The van der Waals surface area contributed by atoms with Crippen LogP contribution in [0.15, 0.2) is 47.4 Å². The number of thioether (sulfide) groups is 1. The van der Waals surface area contributed by atoms with E-state index in [9.17, 15) is 4.79 Å². The summed E-state index contributed by atoms with van der Waals surface area (Å²) in [7, 11) is 1.65. The molecule has 1 unspecified atom stereocenters. The molecule has 0 saturated carbocycles. The molecule has 3 nitrogen and oxygen atoms in total. The molecular weight excluding hydrogens is 330 g/mol. The number of fused-ring (bicyclic) bond motifs is 1. The van der Waals surface area contributed by atoms with Gasteiger partial charge in [0.15, 0.2) is 0 Å². The smallest absolute Gasteiger partial charge is 0.230 e. The van der Waals surface area contributed by atoms with Crippen LogP contribution in [0.4, 0.5) is 0 Å². The van der Waals surface area contributed by atoms with Gasteiger partial charge in [-0.2, -0.15) is 0 Å². The molecule has 0 fully saturated rings. The molecule has 1 N–H and O–H groups in total. The third-order valence-corrected chi connectivity index (χ3v) is 5.65. The molecule has 0 aliphatic heterocycles. The highest BCUT2D eigenvalue weighted by Crippen LogP contribution is 2.25. The van der Waals surface area contributed by atoms with Crippen LogP contribution in [0.2, 0.25) is 0 Å². The quantitative estimate of drug-likeness (QED) is 0.773. The highest BCUT2D eigenvalue weighted by Gasteiger charge is 2.14. The highest BCUT2D eigenvalue weighted by molar-refractivity contribution is 8.00. The Morgan fingerprint density at radius 1 is 1.16 bits per heavy atom. The normalized spacial score (nSPS) is 14.5. The molecular formula is C21H25NO2S. The first-order valence-electron chi connectivity index (χ1n) is 8.83. The van der Waals surface area contributed by atoms with Crippen LogP contribution in [-0.2, 0) is 17.6 Å². The minimum atomic E-state index is 0.0330. The van der Waals surface area contributed by atoms with Crippen molar-refractivity contribution in [2.75, 3.05) is 12.9 Å². The Morgan fingerprint density at radius 2 is 1.96 bits per heavy atom. The number of hydrogen-bond acceptors (Lipinski definition) is 3. The zero-order valence-electron chi connectivity index (χ0n) is 14.9. The number of methoxy groups -OCH3 is 1. The average Bonchev–Trinajstić information content (AvgIpc) is 2.66. The topological polar surface area (TPSA) is 38.3 Å². The molecule has 3 rings (SSSR count). The van der Waals surface area contributed by atoms with E-state index in [1.54, 1.807) is 7.11 Å². The van der Waals surface area contributed by atoms with Gasteiger partial charge >= 0.3 is 0 Å². The van der Waals surface area contributed by atoms with Crippen LogP contribution in [0, 0.1) is 0 Å². The van der Waals surface area contributed by atoms with E-state index in [-0.39, 0.29) is 11.9 Å². The van der Waals surface area contributed by atoms with Gasteiger partial charge in [-0.15, -0.1) is 11.8 Å². The monoisotopic (exact) mass is 355 g/mol. The van der Waals surface area contributed by atoms with Gasteiger partial charge in [-0.05, 0) is 67.5 Å². The summed E-state index contributed by atoms with van der Waals surface area (Å²) < 4.78 is 5.22. The number of ether oxygens (including phenoxy) is 1. The number of hydrogen-bond donors (Lipinski definition) is 1. The first-order valence-corrected chi connectivity index (χ1v) is 9.82. The van der Waals surface area contributed by atoms with Crippen molar-refractivity contribution in [2.45, 2.75) is 43.5 Å². The number of rotatable bonds is 6. The summed E-state index contributed by atoms with van der Waals surface area (Å²) in [6, 6.07) is 14.5. The third kappa shape index (κ3) is 4.79. The van der Waals surface area contributed by atoms with Crippen molar-refractivity contribution >= 4 is 17.7 Å². The predicted molar refractivity (Wildman–Crippen MR) is 103 cm³/mol. The maximum atomic E-state index is 12.3. The zero-order chi connectivity index (χ0) is 17.6. The molecule has 0 spiro atoms. The van der Waals surface area contributed by atoms with Crippen LogP contribution in [0.1, 0.15) is 42.5 Å². The van der Waals surface area contributed by atoms with E-state index in [1.807, 2.05) is 24.3 Å². The fraction of sp³-hybridized carbons (Fsp3) is 0.381. The second-order valence-corrected chi connectivity index (χ2v) is 7.54. The number of nitrogens with one attached hydrogen (secondary N) is 1. The molecule has 1 aliphatic carbocycles. The first kappa shape index (κ1) is 17.9. The lowest BCUT2D eigenvalue weighted by atomic mass is 9.89. The summed E-state index contributed by atoms with van der Waals surface area (Å²) in [6.45, 7) is 2.05. The fourth-order valence-electron chi connectivity index (χ4n) is 3.23. The van der Waals surface area contributed by atoms with Gasteiger partial charge in [0.1, 0.15) is 5.75 Å². The van der Waals surface area contributed by atoms with Crippen LogP contribution in [0.3, 0.4) is 0 Å². The Morgan fingerprint density at radius 3 is 2.76 bits per heavy atom. The lowest BCUT2D eigenvalue weighted by Gasteiger charge is -2.20. The molecule has 4 heteroatoms. The summed E-state index contributed by atoms with van der Waals surface area (Å²) in [5, 5.41) is 3.11. The van der Waals surface area contributed by atoms with E-state index in [4.69, 9.17) is 4.74 Å². The third-order valence-electron chi connectivity index (χ3n) is 4.66. The average molecular weight is 356 g/mol. The van der Waals surface area contributed by atoms with Crippen LogP contribution < -0.4 is 10.1 Å². The Balaban J connectivity index is 1.55. The van der Waals surface area contributed by atoms with Crippen molar-refractivity contribution in [3.05, 3.63) is 59.2 Å². The van der Waals surface area contributed by atoms with E-state index in [0.717, 1.165) is 17.1 Å². The van der Waals surface area contributed by atoms with Crippen LogP contribution >= 0.6 is 11.8 Å². The Bertz CT molecular complexity index is 744. The van der Waals surface area contributed by atoms with Crippen molar-refractivity contribution in [3.63, 3.8) is 0 Å². The zero-order valence-corrected chi connectivity index (χ0v) is 15.7. The maximum absolute atomic E-state index is 12.3. The minimum absolute atomic E-state index is 0.0330. The van der Waals surface area contributed by atoms with Gasteiger partial charge in [0.05, 0.1) is 18.9 Å². The van der Waals surface area contributed by atoms with Crippen molar-refractivity contribution < 1.29 is 9.53 Å². The molecule has 0 heterocycles. The number of amides is 1. The second-order valence-electron chi connectivity index (χ2n) is 6.49. The molecule has 1 amide bonds. The SMILES string of the molecule is COc1cccc(SCC(=O)NC(C)c2ccc3c(c2)CCCC3)c1. The van der Waals surface area contributed by atoms with Gasteiger partial charge in [-0.25, -0.2) is 0 Å². The number of carbonyl (C=O) groups is 1. The molecule has 132 valence electrons. The molecule has 2 aromatic carbocycles. The van der Waals surface area contributed by atoms with Gasteiger partial charge in [0.25, 0.3) is 0 Å². The standard InChI is InChI=1S/C21H25NO2S/c1-15(17-11-10-16-6-3-4-7-18(16)12-17)22-21(23)14-25-20-9-5-8-19(13-20)24-2/h5,8-13,15H,3-4,6-7,14H2,1-2H3,(H,22,23). The molecule has 0 bridgehead atoms. The van der Waals surface area contributed by atoms with Gasteiger partial charge < -0.3 is 10.1 Å². The number of carbonyl (C=O) groups excluding carboxylic acids is 1. The Hall–Kier alpha value is -1.94. The van der Waals surface area contributed by atoms with E-state index >= 15 is 0 Å². The summed E-state index contributed by atoms with van der Waals surface area (Å²) in [6.07, 6.45) is 4.91. The van der Waals surface area contributed by atoms with Crippen molar-refractivity contribution in [3.8, 4) is 5.75 Å². The molecule has 2 aromatic rings. The fourth-order valence-corrected chi connectivity index (χ4v) is 3.98. The summed E-state index contributed by atoms with van der Waals surface area (Å²) in [4.78, 5) is 13.3. The van der Waals surface area contributed by atoms with E-state index in [2.05, 4.69) is 30.4 Å². The molecule has 0 radical (unpaired) electrons. The molecule has 1 aliphatic rings. The number of aryl methyl sites for hydroxylation is 2.